The van der Waals surface area contributed by atoms with E-state index < -0.39 is 0 Å². The standard InChI is InChI=1S/C13H13NOS/c1-14-9-5-8-12(14)13(15)10-16-11-6-3-2-4-7-11/h2-9H,10H2,1H3. The van der Waals surface area contributed by atoms with Crippen LogP contribution < -0.4 is 0 Å². The maximum absolute atomic E-state index is 11.9. The molecule has 3 heteroatoms. The van der Waals surface area contributed by atoms with Gasteiger partial charge in [-0.3, -0.25) is 4.79 Å². The first kappa shape index (κ1) is 11.0. The van der Waals surface area contributed by atoms with Gasteiger partial charge in [0.15, 0.2) is 5.78 Å². The molecule has 1 aromatic heterocycles. The highest BCUT2D eigenvalue weighted by atomic mass is 32.2. The van der Waals surface area contributed by atoms with Crippen molar-refractivity contribution in [2.45, 2.75) is 4.90 Å². The Hall–Kier alpha value is -1.48. The lowest BCUT2D eigenvalue weighted by Gasteiger charge is -2.02. The van der Waals surface area contributed by atoms with Gasteiger partial charge in [-0.2, -0.15) is 0 Å². The highest BCUT2D eigenvalue weighted by molar-refractivity contribution is 8.00. The van der Waals surface area contributed by atoms with Gasteiger partial charge in [0.25, 0.3) is 0 Å². The van der Waals surface area contributed by atoms with Crippen LogP contribution in [0.1, 0.15) is 10.5 Å². The zero-order valence-corrected chi connectivity index (χ0v) is 9.91. The average Bonchev–Trinajstić information content (AvgIpc) is 2.74. The van der Waals surface area contributed by atoms with Crippen LogP contribution in [0, 0.1) is 0 Å². The quantitative estimate of drug-likeness (QED) is 0.596. The van der Waals surface area contributed by atoms with Gasteiger partial charge in [0.1, 0.15) is 0 Å². The van der Waals surface area contributed by atoms with Crippen molar-refractivity contribution in [2.24, 2.45) is 7.05 Å². The molecule has 2 nitrogen and oxygen atoms in total. The normalized spacial score (nSPS) is 10.3. The predicted octanol–water partition coefficient (Wildman–Crippen LogP) is 3.00. The molecule has 82 valence electrons. The van der Waals surface area contributed by atoms with E-state index >= 15 is 0 Å². The van der Waals surface area contributed by atoms with Crippen molar-refractivity contribution in [2.75, 3.05) is 5.75 Å². The minimum Gasteiger partial charge on any atom is -0.348 e. The largest absolute Gasteiger partial charge is 0.348 e. The highest BCUT2D eigenvalue weighted by Crippen LogP contribution is 2.18. The third-order valence-electron chi connectivity index (χ3n) is 2.34. The number of ketones is 1. The first-order valence-electron chi connectivity index (χ1n) is 5.10. The summed E-state index contributed by atoms with van der Waals surface area (Å²) in [6.07, 6.45) is 1.89. The fourth-order valence-corrected chi connectivity index (χ4v) is 2.29. The number of thioether (sulfide) groups is 1. The molecule has 0 bridgehead atoms. The maximum atomic E-state index is 11.9. The summed E-state index contributed by atoms with van der Waals surface area (Å²) in [6, 6.07) is 13.7. The number of rotatable bonds is 4. The molecular formula is C13H13NOS. The van der Waals surface area contributed by atoms with Crippen molar-refractivity contribution in [3.05, 3.63) is 54.4 Å². The molecule has 0 fully saturated rings. The average molecular weight is 231 g/mol. The van der Waals surface area contributed by atoms with Crippen LogP contribution in [-0.2, 0) is 7.05 Å². The van der Waals surface area contributed by atoms with Crippen molar-refractivity contribution < 1.29 is 4.79 Å². The van der Waals surface area contributed by atoms with Gasteiger partial charge < -0.3 is 4.57 Å². The number of benzene rings is 1. The molecule has 0 amide bonds. The third kappa shape index (κ3) is 2.55. The Morgan fingerprint density at radius 1 is 1.19 bits per heavy atom. The summed E-state index contributed by atoms with van der Waals surface area (Å²) >= 11 is 1.57. The molecule has 0 saturated carbocycles. The lowest BCUT2D eigenvalue weighted by molar-refractivity contribution is 0.101. The Kier molecular flexibility index (Phi) is 3.47. The molecule has 16 heavy (non-hydrogen) atoms. The summed E-state index contributed by atoms with van der Waals surface area (Å²) in [5.41, 5.74) is 0.767. The van der Waals surface area contributed by atoms with Crippen molar-refractivity contribution in [1.29, 1.82) is 0 Å². The zero-order valence-electron chi connectivity index (χ0n) is 9.09. The van der Waals surface area contributed by atoms with E-state index in [1.807, 2.05) is 60.3 Å². The Balaban J connectivity index is 1.97. The molecule has 0 unspecified atom stereocenters. The van der Waals surface area contributed by atoms with Gasteiger partial charge in [-0.05, 0) is 24.3 Å². The molecule has 0 radical (unpaired) electrons. The van der Waals surface area contributed by atoms with E-state index in [-0.39, 0.29) is 5.78 Å². The van der Waals surface area contributed by atoms with Crippen molar-refractivity contribution in [3.8, 4) is 0 Å². The van der Waals surface area contributed by atoms with E-state index in [0.717, 1.165) is 10.6 Å². The van der Waals surface area contributed by atoms with Crippen molar-refractivity contribution in [1.82, 2.24) is 4.57 Å². The highest BCUT2D eigenvalue weighted by Gasteiger charge is 2.08. The van der Waals surface area contributed by atoms with E-state index in [1.54, 1.807) is 11.8 Å². The van der Waals surface area contributed by atoms with Gasteiger partial charge in [0, 0.05) is 18.1 Å². The molecule has 0 aliphatic carbocycles. The van der Waals surface area contributed by atoms with Gasteiger partial charge in [-0.25, -0.2) is 0 Å². The van der Waals surface area contributed by atoms with E-state index in [4.69, 9.17) is 0 Å². The van der Waals surface area contributed by atoms with Crippen LogP contribution in [0.15, 0.2) is 53.6 Å². The molecule has 0 atom stereocenters. The van der Waals surface area contributed by atoms with Crippen molar-refractivity contribution >= 4 is 17.5 Å². The van der Waals surface area contributed by atoms with Gasteiger partial charge >= 0.3 is 0 Å². The van der Waals surface area contributed by atoms with Crippen LogP contribution in [0.25, 0.3) is 0 Å². The zero-order chi connectivity index (χ0) is 11.4. The molecular weight excluding hydrogens is 218 g/mol. The first-order chi connectivity index (χ1) is 7.77. The van der Waals surface area contributed by atoms with E-state index in [9.17, 15) is 4.79 Å². The smallest absolute Gasteiger partial charge is 0.189 e. The molecule has 2 aromatic rings. The van der Waals surface area contributed by atoms with E-state index in [0.29, 0.717) is 5.75 Å². The lowest BCUT2D eigenvalue weighted by Crippen LogP contribution is -2.07. The molecule has 1 aromatic carbocycles. The predicted molar refractivity (Wildman–Crippen MR) is 66.9 cm³/mol. The van der Waals surface area contributed by atoms with Gasteiger partial charge in [-0.1, -0.05) is 18.2 Å². The summed E-state index contributed by atoms with van der Waals surface area (Å²) in [7, 11) is 1.89. The molecule has 1 heterocycles. The number of nitrogens with zero attached hydrogens (tertiary/aromatic N) is 1. The van der Waals surface area contributed by atoms with Crippen LogP contribution in [0.3, 0.4) is 0 Å². The van der Waals surface area contributed by atoms with Gasteiger partial charge in [0.05, 0.1) is 11.4 Å². The molecule has 0 N–H and O–H groups in total. The number of carbonyl (C=O) groups excluding carboxylic acids is 1. The molecule has 2 rings (SSSR count). The minimum atomic E-state index is 0.168. The van der Waals surface area contributed by atoms with Crippen LogP contribution >= 0.6 is 11.8 Å². The Bertz CT molecular complexity index is 476. The molecule has 0 spiro atoms. The second kappa shape index (κ2) is 5.03. The Labute approximate surface area is 99.3 Å². The minimum absolute atomic E-state index is 0.168. The van der Waals surface area contributed by atoms with Crippen LogP contribution in [0.4, 0.5) is 0 Å². The summed E-state index contributed by atoms with van der Waals surface area (Å²) in [5.74, 6) is 0.656. The van der Waals surface area contributed by atoms with Crippen molar-refractivity contribution in [3.63, 3.8) is 0 Å². The summed E-state index contributed by atoms with van der Waals surface area (Å²) in [6.45, 7) is 0. The fourth-order valence-electron chi connectivity index (χ4n) is 1.49. The second-order valence-electron chi connectivity index (χ2n) is 3.53. The first-order valence-corrected chi connectivity index (χ1v) is 6.08. The number of carbonyl (C=O) groups is 1. The fraction of sp³-hybridized carbons (Fsp3) is 0.154. The maximum Gasteiger partial charge on any atom is 0.189 e. The molecule has 0 aliphatic heterocycles. The Morgan fingerprint density at radius 3 is 2.56 bits per heavy atom. The number of hydrogen-bond donors (Lipinski definition) is 0. The second-order valence-corrected chi connectivity index (χ2v) is 4.58. The van der Waals surface area contributed by atoms with Crippen LogP contribution in [-0.4, -0.2) is 16.1 Å². The summed E-state index contributed by atoms with van der Waals surface area (Å²) < 4.78 is 1.86. The molecule has 0 saturated heterocycles. The van der Waals surface area contributed by atoms with E-state index in [2.05, 4.69) is 0 Å². The monoisotopic (exact) mass is 231 g/mol. The SMILES string of the molecule is Cn1cccc1C(=O)CSc1ccccc1. The topological polar surface area (TPSA) is 22.0 Å². The summed E-state index contributed by atoms with van der Waals surface area (Å²) in [5, 5.41) is 0. The van der Waals surface area contributed by atoms with Gasteiger partial charge in [0.2, 0.25) is 0 Å². The number of aromatic nitrogens is 1. The van der Waals surface area contributed by atoms with Crippen LogP contribution in [0.5, 0.6) is 0 Å². The molecule has 0 aliphatic rings. The number of aryl methyl sites for hydroxylation is 1. The Morgan fingerprint density at radius 2 is 1.94 bits per heavy atom. The van der Waals surface area contributed by atoms with Crippen LogP contribution in [0.2, 0.25) is 0 Å². The van der Waals surface area contributed by atoms with E-state index in [1.165, 1.54) is 0 Å². The van der Waals surface area contributed by atoms with Gasteiger partial charge in [-0.15, -0.1) is 11.8 Å². The number of hydrogen-bond acceptors (Lipinski definition) is 2. The third-order valence-corrected chi connectivity index (χ3v) is 3.35. The number of Topliss-reactive ketones (excluding diaryl/α,β-unsaturated/α-hetero) is 1. The summed E-state index contributed by atoms with van der Waals surface area (Å²) in [4.78, 5) is 13.0. The lowest BCUT2D eigenvalue weighted by atomic mass is 10.3.